The molecule has 1 saturated heterocycles. The van der Waals surface area contributed by atoms with Crippen LogP contribution < -0.4 is 19.3 Å². The van der Waals surface area contributed by atoms with Crippen LogP contribution in [0.1, 0.15) is 39.0 Å². The number of nitrogens with zero attached hydrogens (tertiary/aromatic N) is 6. The predicted octanol–water partition coefficient (Wildman–Crippen LogP) is 5.35. The lowest BCUT2D eigenvalue weighted by Gasteiger charge is -2.35. The number of carbonyl (C=O) groups is 2. The molecule has 1 aliphatic heterocycles. The molecule has 3 heterocycles. The molecule has 1 aliphatic rings. The van der Waals surface area contributed by atoms with Crippen LogP contribution in [0.4, 0.5) is 21.2 Å². The van der Waals surface area contributed by atoms with E-state index in [2.05, 4.69) is 0 Å². The number of aromatic nitrogens is 3. The Morgan fingerprint density at radius 1 is 0.960 bits per heavy atom. The molecule has 0 aliphatic carbocycles. The average molecular weight is 709 g/mol. The maximum Gasteiger partial charge on any atom is 0.416 e. The second-order valence-electron chi connectivity index (χ2n) is 12.9. The van der Waals surface area contributed by atoms with E-state index in [-0.39, 0.29) is 24.1 Å². The summed E-state index contributed by atoms with van der Waals surface area (Å²) in [7, 11) is -0.386. The molecule has 0 bridgehead atoms. The Morgan fingerprint density at radius 2 is 1.66 bits per heavy atom. The number of methoxy groups -OCH3 is 2. The maximum absolute atomic E-state index is 14.1. The van der Waals surface area contributed by atoms with E-state index < -0.39 is 21.5 Å². The van der Waals surface area contributed by atoms with Crippen LogP contribution in [0.15, 0.2) is 53.4 Å². The van der Waals surface area contributed by atoms with E-state index in [1.165, 1.54) is 11.0 Å². The van der Waals surface area contributed by atoms with E-state index in [0.717, 1.165) is 11.8 Å². The number of ether oxygens (including phenoxy) is 4. The number of rotatable bonds is 9. The van der Waals surface area contributed by atoms with E-state index in [4.69, 9.17) is 29.0 Å². The molecule has 4 aromatic rings. The molecule has 5 rings (SSSR count). The lowest BCUT2D eigenvalue weighted by atomic mass is 10.1. The molecule has 14 nitrogen and oxygen atoms in total. The Balaban J connectivity index is 1.71. The van der Waals surface area contributed by atoms with Crippen molar-refractivity contribution in [1.82, 2.24) is 19.5 Å². The molecule has 0 unspecified atom stereocenters. The highest BCUT2D eigenvalue weighted by Gasteiger charge is 2.31. The molecule has 268 valence electrons. The Kier molecular flexibility index (Phi) is 10.5. The predicted molar refractivity (Wildman–Crippen MR) is 189 cm³/mol. The zero-order chi connectivity index (χ0) is 36.4. The fourth-order valence-electron chi connectivity index (χ4n) is 5.73. The monoisotopic (exact) mass is 708 g/mol. The minimum atomic E-state index is -3.51. The van der Waals surface area contributed by atoms with Crippen LogP contribution >= 0.6 is 0 Å². The maximum atomic E-state index is 14.1. The van der Waals surface area contributed by atoms with Crippen molar-refractivity contribution in [3.05, 3.63) is 59.8 Å². The van der Waals surface area contributed by atoms with Crippen molar-refractivity contribution in [2.75, 3.05) is 63.1 Å². The first-order chi connectivity index (χ1) is 23.6. The molecule has 0 atom stereocenters. The number of fused-ring (bicyclic) bond motifs is 1. The first kappa shape index (κ1) is 36.2. The van der Waals surface area contributed by atoms with Gasteiger partial charge in [0.05, 0.1) is 38.0 Å². The second-order valence-corrected chi connectivity index (χ2v) is 14.9. The van der Waals surface area contributed by atoms with Gasteiger partial charge in [0.2, 0.25) is 0 Å². The molecule has 0 spiro atoms. The van der Waals surface area contributed by atoms with Crippen molar-refractivity contribution in [3.8, 4) is 22.6 Å². The van der Waals surface area contributed by atoms with Crippen molar-refractivity contribution < 1.29 is 37.0 Å². The van der Waals surface area contributed by atoms with E-state index in [0.29, 0.717) is 71.8 Å². The number of amides is 2. The Hall–Kier alpha value is -5.05. The van der Waals surface area contributed by atoms with Crippen LogP contribution in [0.25, 0.3) is 16.8 Å². The smallest absolute Gasteiger partial charge is 0.416 e. The van der Waals surface area contributed by atoms with Gasteiger partial charge >= 0.3 is 12.2 Å². The van der Waals surface area contributed by atoms with Gasteiger partial charge in [-0.15, -0.1) is 0 Å². The molecule has 2 aromatic heterocycles. The number of hydrogen-bond acceptors (Lipinski definition) is 11. The zero-order valence-corrected chi connectivity index (χ0v) is 30.5. The summed E-state index contributed by atoms with van der Waals surface area (Å²) in [5, 5.41) is 4.88. The van der Waals surface area contributed by atoms with Gasteiger partial charge in [-0.3, -0.25) is 4.90 Å². The first-order valence-electron chi connectivity index (χ1n) is 16.2. The van der Waals surface area contributed by atoms with Gasteiger partial charge in [0.15, 0.2) is 27.0 Å². The van der Waals surface area contributed by atoms with Crippen LogP contribution in [0.3, 0.4) is 0 Å². The summed E-state index contributed by atoms with van der Waals surface area (Å²) in [6, 6.07) is 13.8. The number of anilines is 2. The summed E-state index contributed by atoms with van der Waals surface area (Å²) in [4.78, 5) is 36.9. The minimum absolute atomic E-state index is 0.0297. The molecule has 0 saturated carbocycles. The van der Waals surface area contributed by atoms with Crippen LogP contribution in [0, 0.1) is 6.92 Å². The summed E-state index contributed by atoms with van der Waals surface area (Å²) >= 11 is 0. The highest BCUT2D eigenvalue weighted by Crippen LogP contribution is 2.37. The fraction of sp³-hybridized carbons (Fsp3) is 0.429. The second kappa shape index (κ2) is 14.4. The zero-order valence-electron chi connectivity index (χ0n) is 29.7. The van der Waals surface area contributed by atoms with Crippen molar-refractivity contribution in [3.63, 3.8) is 0 Å². The van der Waals surface area contributed by atoms with Gasteiger partial charge in [-0.2, -0.15) is 9.61 Å². The van der Waals surface area contributed by atoms with Gasteiger partial charge in [-0.1, -0.05) is 18.2 Å². The van der Waals surface area contributed by atoms with E-state index in [1.54, 1.807) is 81.7 Å². The highest BCUT2D eigenvalue weighted by molar-refractivity contribution is 7.90. The van der Waals surface area contributed by atoms with Crippen LogP contribution in [-0.4, -0.2) is 99.0 Å². The number of aryl methyl sites for hydroxylation is 1. The van der Waals surface area contributed by atoms with Gasteiger partial charge in [0.25, 0.3) is 0 Å². The quantitative estimate of drug-likeness (QED) is 0.222. The third-order valence-electron chi connectivity index (χ3n) is 8.09. The average Bonchev–Trinajstić information content (AvgIpc) is 3.41. The lowest BCUT2D eigenvalue weighted by Crippen LogP contribution is -2.49. The van der Waals surface area contributed by atoms with Crippen LogP contribution in [0.2, 0.25) is 0 Å². The molecule has 2 aromatic carbocycles. The minimum Gasteiger partial charge on any atom is -0.493 e. The highest BCUT2D eigenvalue weighted by atomic mass is 32.2. The van der Waals surface area contributed by atoms with Gasteiger partial charge in [0, 0.05) is 44.1 Å². The third-order valence-corrected chi connectivity index (χ3v) is 9.20. The summed E-state index contributed by atoms with van der Waals surface area (Å²) in [6.45, 7) is 11.0. The number of carbonyl (C=O) groups excluding carboxylic acids is 2. The van der Waals surface area contributed by atoms with Crippen molar-refractivity contribution in [2.24, 2.45) is 0 Å². The van der Waals surface area contributed by atoms with Crippen LogP contribution in [0.5, 0.6) is 11.5 Å². The van der Waals surface area contributed by atoms with Crippen molar-refractivity contribution in [1.29, 1.82) is 0 Å². The summed E-state index contributed by atoms with van der Waals surface area (Å²) < 4.78 is 48.7. The number of benzene rings is 2. The molecular weight excluding hydrogens is 664 g/mol. The van der Waals surface area contributed by atoms with E-state index in [1.807, 2.05) is 24.0 Å². The van der Waals surface area contributed by atoms with Gasteiger partial charge in [-0.25, -0.2) is 23.0 Å². The lowest BCUT2D eigenvalue weighted by molar-refractivity contribution is 0.0575. The molecule has 1 fully saturated rings. The largest absolute Gasteiger partial charge is 0.493 e. The van der Waals surface area contributed by atoms with E-state index >= 15 is 0 Å². The standard InChI is InChI=1S/C35H44N6O8S/c1-9-48-33(42)39-17-15-38(16-18-39)29-21-30(40(34(43)49-35(3,4)5)22-24-11-10-12-26(19-24)50(8,44)45)41-32(36-29)31(23(2)37-41)25-13-14-27(46-6)28(20-25)47-7/h10-14,19-21H,9,15-18,22H2,1-8H3. The Labute approximate surface area is 292 Å². The van der Waals surface area contributed by atoms with Gasteiger partial charge in [-0.05, 0) is 70.0 Å². The first-order valence-corrected chi connectivity index (χ1v) is 18.1. The molecule has 50 heavy (non-hydrogen) atoms. The topological polar surface area (TPSA) is 145 Å². The normalized spacial score (nSPS) is 13.7. The molecule has 2 amide bonds. The Morgan fingerprint density at radius 3 is 2.28 bits per heavy atom. The Bertz CT molecular complexity index is 2000. The van der Waals surface area contributed by atoms with E-state index in [9.17, 15) is 18.0 Å². The van der Waals surface area contributed by atoms with Crippen molar-refractivity contribution in [2.45, 2.75) is 51.7 Å². The SMILES string of the molecule is CCOC(=O)N1CCN(c2cc(N(Cc3cccc(S(C)(=O)=O)c3)C(=O)OC(C)(C)C)n3nc(C)c(-c4ccc(OC)c(OC)c4)c3n2)CC1. The van der Waals surface area contributed by atoms with Gasteiger partial charge in [0.1, 0.15) is 17.2 Å². The molecule has 0 radical (unpaired) electrons. The van der Waals surface area contributed by atoms with Crippen LogP contribution in [-0.2, 0) is 25.9 Å². The summed E-state index contributed by atoms with van der Waals surface area (Å²) in [5.74, 6) is 1.99. The number of sulfone groups is 1. The van der Waals surface area contributed by atoms with Gasteiger partial charge < -0.3 is 28.7 Å². The summed E-state index contributed by atoms with van der Waals surface area (Å²) in [5.41, 5.74) is 2.31. The number of hydrogen-bond donors (Lipinski definition) is 0. The van der Waals surface area contributed by atoms with Crippen molar-refractivity contribution >= 4 is 39.3 Å². The number of piperazine rings is 1. The summed E-state index contributed by atoms with van der Waals surface area (Å²) in [6.07, 6.45) is 0.111. The molecular formula is C35H44N6O8S. The molecule has 15 heteroatoms. The third kappa shape index (κ3) is 7.88. The fourth-order valence-corrected chi connectivity index (χ4v) is 6.42. The molecule has 0 N–H and O–H groups in total.